The number of hydrogen-bond donors (Lipinski definition) is 0. The van der Waals surface area contributed by atoms with Crippen LogP contribution in [0.3, 0.4) is 0 Å². The van der Waals surface area contributed by atoms with Gasteiger partial charge in [0.25, 0.3) is 11.8 Å². The fourth-order valence-corrected chi connectivity index (χ4v) is 5.55. The number of imide groups is 1. The average molecular weight is 469 g/mol. The molecule has 0 radical (unpaired) electrons. The van der Waals surface area contributed by atoms with Gasteiger partial charge in [-0.15, -0.1) is 4.31 Å². The summed E-state index contributed by atoms with van der Waals surface area (Å²) in [6, 6.07) is 5.82. The second-order valence-corrected chi connectivity index (χ2v) is 10.4. The predicted molar refractivity (Wildman–Crippen MR) is 104 cm³/mol. The van der Waals surface area contributed by atoms with Crippen LogP contribution in [-0.4, -0.2) is 73.4 Å². The Morgan fingerprint density at radius 2 is 1.62 bits per heavy atom. The second-order valence-electron chi connectivity index (χ2n) is 8.94. The van der Waals surface area contributed by atoms with Crippen LogP contribution in [0.15, 0.2) is 24.3 Å². The third-order valence-electron chi connectivity index (χ3n) is 5.66. The molecule has 0 aliphatic carbocycles. The summed E-state index contributed by atoms with van der Waals surface area (Å²) < 4.78 is 60.6. The Kier molecular flexibility index (Phi) is 4.65. The molecule has 0 spiro atoms. The highest BCUT2D eigenvalue weighted by molar-refractivity contribution is 7.85. The molecule has 0 aromatic heterocycles. The number of hydrogen-bond acceptors (Lipinski definition) is 10. The fourth-order valence-electron chi connectivity index (χ4n) is 4.53. The molecule has 2 amide bonds. The number of ether oxygens (including phenoxy) is 5. The van der Waals surface area contributed by atoms with Crippen LogP contribution >= 0.6 is 0 Å². The lowest BCUT2D eigenvalue weighted by molar-refractivity contribution is -0.290. The van der Waals surface area contributed by atoms with E-state index in [9.17, 15) is 18.0 Å². The first-order chi connectivity index (χ1) is 14.8. The second kappa shape index (κ2) is 6.79. The molecule has 5 rings (SSSR count). The average Bonchev–Trinajstić information content (AvgIpc) is 3.26. The lowest BCUT2D eigenvalue weighted by Crippen LogP contribution is -2.61. The Morgan fingerprint density at radius 1 is 1.00 bits per heavy atom. The minimum Gasteiger partial charge on any atom is -0.343 e. The van der Waals surface area contributed by atoms with Crippen molar-refractivity contribution in [3.63, 3.8) is 0 Å². The first kappa shape index (κ1) is 21.9. The molecule has 32 heavy (non-hydrogen) atoms. The Morgan fingerprint density at radius 3 is 2.25 bits per heavy atom. The van der Waals surface area contributed by atoms with Gasteiger partial charge < -0.3 is 23.7 Å². The van der Waals surface area contributed by atoms with Gasteiger partial charge in [-0.1, -0.05) is 12.1 Å². The van der Waals surface area contributed by atoms with Crippen LogP contribution in [-0.2, 0) is 38.2 Å². The van der Waals surface area contributed by atoms with Crippen LogP contribution in [0, 0.1) is 0 Å². The molecule has 4 atom stereocenters. The van der Waals surface area contributed by atoms with E-state index < -0.39 is 64.4 Å². The van der Waals surface area contributed by atoms with Gasteiger partial charge >= 0.3 is 10.3 Å². The summed E-state index contributed by atoms with van der Waals surface area (Å²) in [5.41, 5.74) is -0.0319. The predicted octanol–water partition coefficient (Wildman–Crippen LogP) is 0.942. The highest BCUT2D eigenvalue weighted by atomic mass is 32.2. The van der Waals surface area contributed by atoms with Gasteiger partial charge in [0.15, 0.2) is 11.6 Å². The molecule has 1 aromatic carbocycles. The van der Waals surface area contributed by atoms with Gasteiger partial charge in [0, 0.05) is 0 Å². The summed E-state index contributed by atoms with van der Waals surface area (Å²) in [7, 11) is -4.80. The third kappa shape index (κ3) is 3.29. The van der Waals surface area contributed by atoms with Crippen LogP contribution in [0.1, 0.15) is 48.4 Å². The maximum atomic E-state index is 12.9. The van der Waals surface area contributed by atoms with Crippen LogP contribution in [0.5, 0.6) is 0 Å². The van der Waals surface area contributed by atoms with Crippen LogP contribution in [0.25, 0.3) is 0 Å². The van der Waals surface area contributed by atoms with Crippen molar-refractivity contribution in [1.29, 1.82) is 0 Å². The number of rotatable bonds is 4. The zero-order chi connectivity index (χ0) is 23.1. The normalized spacial score (nSPS) is 35.0. The molecule has 0 bridgehead atoms. The highest BCUT2D eigenvalue weighted by Crippen LogP contribution is 2.47. The molecule has 3 unspecified atom stereocenters. The monoisotopic (exact) mass is 469 g/mol. The zero-order valence-electron chi connectivity index (χ0n) is 17.9. The van der Waals surface area contributed by atoms with Gasteiger partial charge in [0.1, 0.15) is 24.9 Å². The number of carbonyl (C=O) groups excluding carboxylic acids is 2. The first-order valence-corrected chi connectivity index (χ1v) is 11.5. The Labute approximate surface area is 184 Å². The summed E-state index contributed by atoms with van der Waals surface area (Å²) in [5.74, 6) is -5.65. The van der Waals surface area contributed by atoms with Gasteiger partial charge in [0.05, 0.1) is 17.7 Å². The number of nitrogens with zero attached hydrogens (tertiary/aromatic N) is 1. The van der Waals surface area contributed by atoms with Crippen LogP contribution < -0.4 is 0 Å². The molecular formula is C20H23NO10S. The van der Waals surface area contributed by atoms with Gasteiger partial charge in [0.2, 0.25) is 5.79 Å². The summed E-state index contributed by atoms with van der Waals surface area (Å²) in [4.78, 5) is 25.2. The minimum atomic E-state index is -4.80. The maximum absolute atomic E-state index is 12.9. The standard InChI is InChI=1S/C20H23NO10S/c1-18(2)28-13-9-26-20(15(14(13)29-18)30-19(3,4)31-20)10-27-32(24,25)21-16(22)11-7-5-6-8-12(11)17(21)23/h5-8,13-15H,9-10H2,1-4H3/t13?,14?,15?,20-/m0/s1. The van der Waals surface area contributed by atoms with Crippen molar-refractivity contribution in [3.8, 4) is 0 Å². The van der Waals surface area contributed by atoms with E-state index in [-0.39, 0.29) is 22.0 Å². The van der Waals surface area contributed by atoms with Crippen molar-refractivity contribution in [2.45, 2.75) is 63.4 Å². The summed E-state index contributed by atoms with van der Waals surface area (Å²) in [6.07, 6.45) is -1.94. The van der Waals surface area contributed by atoms with Crippen molar-refractivity contribution < 1.29 is 45.9 Å². The lowest BCUT2D eigenvalue weighted by Gasteiger charge is -2.40. The molecule has 11 nitrogen and oxygen atoms in total. The maximum Gasteiger partial charge on any atom is 0.372 e. The largest absolute Gasteiger partial charge is 0.372 e. The molecule has 12 heteroatoms. The van der Waals surface area contributed by atoms with Crippen molar-refractivity contribution in [2.75, 3.05) is 13.2 Å². The quantitative estimate of drug-likeness (QED) is 0.588. The van der Waals surface area contributed by atoms with E-state index in [1.54, 1.807) is 27.7 Å². The van der Waals surface area contributed by atoms with Crippen LogP contribution in [0.2, 0.25) is 0 Å². The van der Waals surface area contributed by atoms with Crippen molar-refractivity contribution >= 4 is 22.1 Å². The van der Waals surface area contributed by atoms with Gasteiger partial charge in [-0.25, -0.2) is 4.18 Å². The summed E-state index contributed by atoms with van der Waals surface area (Å²) >= 11 is 0. The van der Waals surface area contributed by atoms with Crippen molar-refractivity contribution in [3.05, 3.63) is 35.4 Å². The van der Waals surface area contributed by atoms with E-state index in [0.29, 0.717) is 0 Å². The minimum absolute atomic E-state index is 0.0159. The SMILES string of the molecule is CC1(C)OC2CO[C@@]3(COS(=O)(=O)N4C(=O)c5ccccc5C4=O)OC(C)(C)OC3C2O1. The van der Waals surface area contributed by atoms with Gasteiger partial charge in [-0.3, -0.25) is 9.59 Å². The topological polar surface area (TPSA) is 127 Å². The third-order valence-corrected chi connectivity index (χ3v) is 6.86. The number of amides is 2. The Hall–Kier alpha value is -1.93. The Balaban J connectivity index is 1.40. The van der Waals surface area contributed by atoms with E-state index in [0.717, 1.165) is 0 Å². The number of carbonyl (C=O) groups is 2. The molecule has 174 valence electrons. The molecule has 4 aliphatic heterocycles. The molecule has 1 aromatic rings. The van der Waals surface area contributed by atoms with E-state index in [1.807, 2.05) is 0 Å². The van der Waals surface area contributed by atoms with E-state index >= 15 is 0 Å². The van der Waals surface area contributed by atoms with Gasteiger partial charge in [-0.05, 0) is 39.8 Å². The molecule has 4 heterocycles. The van der Waals surface area contributed by atoms with Crippen molar-refractivity contribution in [2.24, 2.45) is 0 Å². The van der Waals surface area contributed by atoms with Crippen LogP contribution in [0.4, 0.5) is 0 Å². The molecular weight excluding hydrogens is 446 g/mol. The lowest BCUT2D eigenvalue weighted by atomic mass is 9.98. The highest BCUT2D eigenvalue weighted by Gasteiger charge is 2.66. The van der Waals surface area contributed by atoms with E-state index in [4.69, 9.17) is 27.9 Å². The molecule has 4 aliphatic rings. The summed E-state index contributed by atoms with van der Waals surface area (Å²) in [6.45, 7) is 6.16. The van der Waals surface area contributed by atoms with Crippen molar-refractivity contribution in [1.82, 2.24) is 4.31 Å². The fraction of sp³-hybridized carbons (Fsp3) is 0.600. The number of fused-ring (bicyclic) bond motifs is 4. The molecule has 3 fully saturated rings. The van der Waals surface area contributed by atoms with E-state index in [2.05, 4.69) is 0 Å². The molecule has 0 N–H and O–H groups in total. The number of benzene rings is 1. The first-order valence-electron chi connectivity index (χ1n) is 10.1. The smallest absolute Gasteiger partial charge is 0.343 e. The summed E-state index contributed by atoms with van der Waals surface area (Å²) in [5, 5.41) is 0. The molecule has 3 saturated heterocycles. The molecule has 0 saturated carbocycles. The van der Waals surface area contributed by atoms with Gasteiger partial charge in [-0.2, -0.15) is 8.42 Å². The zero-order valence-corrected chi connectivity index (χ0v) is 18.7. The Bertz CT molecular complexity index is 1060. The van der Waals surface area contributed by atoms with E-state index in [1.165, 1.54) is 24.3 Å².